The molecule has 7 nitrogen and oxygen atoms in total. The Kier molecular flexibility index (Phi) is 5.92. The number of carboxylic acids is 1. The van der Waals surface area contributed by atoms with Crippen LogP contribution in [-0.4, -0.2) is 53.1 Å². The van der Waals surface area contributed by atoms with E-state index in [0.29, 0.717) is 37.2 Å². The highest BCUT2D eigenvalue weighted by molar-refractivity contribution is 5.97. The molecule has 1 aromatic carbocycles. The third-order valence-electron chi connectivity index (χ3n) is 4.04. The number of amides is 2. The third kappa shape index (κ3) is 4.11. The molecule has 2 amide bonds. The van der Waals surface area contributed by atoms with Crippen LogP contribution in [0.5, 0.6) is 0 Å². The van der Waals surface area contributed by atoms with Gasteiger partial charge >= 0.3 is 5.97 Å². The van der Waals surface area contributed by atoms with E-state index in [4.69, 9.17) is 9.84 Å². The highest BCUT2D eigenvalue weighted by Gasteiger charge is 2.34. The molecule has 1 fully saturated rings. The number of ether oxygens (including phenoxy) is 1. The van der Waals surface area contributed by atoms with Crippen molar-refractivity contribution in [3.63, 3.8) is 0 Å². The van der Waals surface area contributed by atoms with E-state index in [9.17, 15) is 14.4 Å². The summed E-state index contributed by atoms with van der Waals surface area (Å²) in [7, 11) is 0. The summed E-state index contributed by atoms with van der Waals surface area (Å²) in [5.41, 5.74) is 1.10. The van der Waals surface area contributed by atoms with Crippen LogP contribution in [0.4, 0.5) is 5.69 Å². The van der Waals surface area contributed by atoms with Gasteiger partial charge in [-0.3, -0.25) is 9.59 Å². The molecule has 130 valence electrons. The lowest BCUT2D eigenvalue weighted by Crippen LogP contribution is -2.31. The Morgan fingerprint density at radius 1 is 1.12 bits per heavy atom. The molecule has 0 aliphatic carbocycles. The molecule has 1 aliphatic heterocycles. The molecule has 1 heterocycles. The normalized spacial score (nSPS) is 19.8. The quantitative estimate of drug-likeness (QED) is 0.826. The van der Waals surface area contributed by atoms with E-state index < -0.39 is 18.2 Å². The van der Waals surface area contributed by atoms with Crippen molar-refractivity contribution in [2.24, 2.45) is 0 Å². The monoisotopic (exact) mass is 334 g/mol. The van der Waals surface area contributed by atoms with E-state index in [2.05, 4.69) is 5.32 Å². The van der Waals surface area contributed by atoms with Crippen molar-refractivity contribution in [2.75, 3.05) is 18.4 Å². The standard InChI is InChI=1S/C17H22N2O5/c1-3-19(4-2)16(21)11-5-7-12(8-6-11)18-15(20)13-9-10-14(24-13)17(22)23/h5-8,13-14H,3-4,9-10H2,1-2H3,(H,18,20)(H,22,23)/t13-,14+/m0/s1. The Morgan fingerprint density at radius 3 is 2.21 bits per heavy atom. The fraction of sp³-hybridized carbons (Fsp3) is 0.471. The van der Waals surface area contributed by atoms with Gasteiger partial charge in [-0.05, 0) is 51.0 Å². The Bertz CT molecular complexity index is 610. The molecule has 1 aliphatic rings. The van der Waals surface area contributed by atoms with E-state index in [1.807, 2.05) is 13.8 Å². The summed E-state index contributed by atoms with van der Waals surface area (Å²) in [5, 5.41) is 11.6. The summed E-state index contributed by atoms with van der Waals surface area (Å²) in [5.74, 6) is -1.48. The summed E-state index contributed by atoms with van der Waals surface area (Å²) in [6.07, 6.45) is -0.982. The van der Waals surface area contributed by atoms with E-state index in [1.165, 1.54) is 0 Å². The Morgan fingerprint density at radius 2 is 1.71 bits per heavy atom. The maximum atomic E-state index is 12.2. The molecule has 1 aromatic rings. The number of hydrogen-bond donors (Lipinski definition) is 2. The van der Waals surface area contributed by atoms with Gasteiger partial charge in [-0.25, -0.2) is 4.79 Å². The van der Waals surface area contributed by atoms with Crippen LogP contribution in [0.1, 0.15) is 37.0 Å². The van der Waals surface area contributed by atoms with Gasteiger partial charge in [-0.15, -0.1) is 0 Å². The molecule has 1 saturated heterocycles. The average molecular weight is 334 g/mol. The summed E-state index contributed by atoms with van der Waals surface area (Å²) >= 11 is 0. The molecule has 0 aromatic heterocycles. The number of aliphatic carboxylic acids is 1. The van der Waals surface area contributed by atoms with E-state index in [0.717, 1.165) is 0 Å². The van der Waals surface area contributed by atoms with Crippen molar-refractivity contribution in [3.8, 4) is 0 Å². The van der Waals surface area contributed by atoms with Crippen LogP contribution in [0.25, 0.3) is 0 Å². The fourth-order valence-corrected chi connectivity index (χ4v) is 2.62. The van der Waals surface area contributed by atoms with Crippen LogP contribution in [0, 0.1) is 0 Å². The van der Waals surface area contributed by atoms with Gasteiger partial charge < -0.3 is 20.1 Å². The van der Waals surface area contributed by atoms with Crippen LogP contribution in [0.15, 0.2) is 24.3 Å². The second-order valence-electron chi connectivity index (χ2n) is 5.57. The number of carbonyl (C=O) groups excluding carboxylic acids is 2. The molecule has 0 radical (unpaired) electrons. The smallest absolute Gasteiger partial charge is 0.332 e. The average Bonchev–Trinajstić information content (AvgIpc) is 3.07. The van der Waals surface area contributed by atoms with Crippen molar-refractivity contribution >= 4 is 23.5 Å². The Balaban J connectivity index is 1.95. The van der Waals surface area contributed by atoms with Crippen LogP contribution in [-0.2, 0) is 14.3 Å². The zero-order valence-corrected chi connectivity index (χ0v) is 13.8. The highest BCUT2D eigenvalue weighted by Crippen LogP contribution is 2.21. The van der Waals surface area contributed by atoms with Gasteiger partial charge in [0, 0.05) is 24.3 Å². The second kappa shape index (κ2) is 7.92. The Hall–Kier alpha value is -2.41. The van der Waals surface area contributed by atoms with Gasteiger partial charge in [0.15, 0.2) is 6.10 Å². The van der Waals surface area contributed by atoms with Crippen molar-refractivity contribution in [3.05, 3.63) is 29.8 Å². The third-order valence-corrected chi connectivity index (χ3v) is 4.04. The van der Waals surface area contributed by atoms with Gasteiger partial charge in [0.2, 0.25) is 0 Å². The number of nitrogens with one attached hydrogen (secondary N) is 1. The molecular formula is C17H22N2O5. The lowest BCUT2D eigenvalue weighted by molar-refractivity contribution is -0.150. The molecule has 0 saturated carbocycles. The van der Waals surface area contributed by atoms with Crippen LogP contribution in [0.3, 0.4) is 0 Å². The van der Waals surface area contributed by atoms with Gasteiger partial charge in [-0.1, -0.05) is 0 Å². The number of rotatable bonds is 6. The second-order valence-corrected chi connectivity index (χ2v) is 5.57. The van der Waals surface area contributed by atoms with Crippen LogP contribution < -0.4 is 5.32 Å². The zero-order chi connectivity index (χ0) is 17.7. The summed E-state index contributed by atoms with van der Waals surface area (Å²) in [4.78, 5) is 36.9. The number of hydrogen-bond acceptors (Lipinski definition) is 4. The van der Waals surface area contributed by atoms with E-state index in [-0.39, 0.29) is 11.8 Å². The van der Waals surface area contributed by atoms with Crippen molar-refractivity contribution in [1.29, 1.82) is 0 Å². The topological polar surface area (TPSA) is 95.9 Å². The van der Waals surface area contributed by atoms with Gasteiger partial charge in [0.1, 0.15) is 6.10 Å². The Labute approximate surface area is 140 Å². The minimum atomic E-state index is -1.05. The van der Waals surface area contributed by atoms with Gasteiger partial charge in [-0.2, -0.15) is 0 Å². The minimum Gasteiger partial charge on any atom is -0.479 e. The predicted molar refractivity (Wildman–Crippen MR) is 87.9 cm³/mol. The van der Waals surface area contributed by atoms with Crippen molar-refractivity contribution < 1.29 is 24.2 Å². The zero-order valence-electron chi connectivity index (χ0n) is 13.8. The fourth-order valence-electron chi connectivity index (χ4n) is 2.62. The predicted octanol–water partition coefficient (Wildman–Crippen LogP) is 1.74. The molecule has 0 unspecified atom stereocenters. The van der Waals surface area contributed by atoms with Crippen molar-refractivity contribution in [1.82, 2.24) is 4.90 Å². The number of carboxylic acid groups (broad SMARTS) is 1. The minimum absolute atomic E-state index is 0.0543. The first-order valence-electron chi connectivity index (χ1n) is 8.04. The largest absolute Gasteiger partial charge is 0.479 e. The summed E-state index contributed by atoms with van der Waals surface area (Å²) in [6, 6.07) is 6.62. The molecule has 2 N–H and O–H groups in total. The first-order valence-corrected chi connectivity index (χ1v) is 8.04. The molecule has 0 bridgehead atoms. The lowest BCUT2D eigenvalue weighted by atomic mass is 10.1. The maximum Gasteiger partial charge on any atom is 0.332 e. The van der Waals surface area contributed by atoms with Gasteiger partial charge in [0.05, 0.1) is 0 Å². The van der Waals surface area contributed by atoms with Crippen LogP contribution in [0.2, 0.25) is 0 Å². The molecule has 2 rings (SSSR count). The molecule has 0 spiro atoms. The molecular weight excluding hydrogens is 312 g/mol. The SMILES string of the molecule is CCN(CC)C(=O)c1ccc(NC(=O)[C@@H]2CC[C@H](C(=O)O)O2)cc1. The van der Waals surface area contributed by atoms with E-state index >= 15 is 0 Å². The first kappa shape index (κ1) is 17.9. The number of carbonyl (C=O) groups is 3. The number of nitrogens with zero attached hydrogens (tertiary/aromatic N) is 1. The van der Waals surface area contributed by atoms with E-state index in [1.54, 1.807) is 29.2 Å². The van der Waals surface area contributed by atoms with Crippen LogP contribution >= 0.6 is 0 Å². The number of benzene rings is 1. The first-order chi connectivity index (χ1) is 11.5. The van der Waals surface area contributed by atoms with Crippen molar-refractivity contribution in [2.45, 2.75) is 38.9 Å². The number of anilines is 1. The highest BCUT2D eigenvalue weighted by atomic mass is 16.5. The van der Waals surface area contributed by atoms with Gasteiger partial charge in [0.25, 0.3) is 11.8 Å². The molecule has 7 heteroatoms. The lowest BCUT2D eigenvalue weighted by Gasteiger charge is -2.18. The summed E-state index contributed by atoms with van der Waals surface area (Å²) < 4.78 is 5.21. The maximum absolute atomic E-state index is 12.2. The molecule has 24 heavy (non-hydrogen) atoms. The summed E-state index contributed by atoms with van der Waals surface area (Å²) in [6.45, 7) is 5.11. The molecule has 2 atom stereocenters.